The summed E-state index contributed by atoms with van der Waals surface area (Å²) in [6, 6.07) is 0. The van der Waals surface area contributed by atoms with Gasteiger partial charge in [0.2, 0.25) is 0 Å². The van der Waals surface area contributed by atoms with Gasteiger partial charge in [0, 0.05) is 5.41 Å². The third-order valence-electron chi connectivity index (χ3n) is 3.41. The first-order valence-corrected chi connectivity index (χ1v) is 5.52. The Morgan fingerprint density at radius 3 is 2.50 bits per heavy atom. The van der Waals surface area contributed by atoms with Crippen molar-refractivity contribution in [3.05, 3.63) is 35.5 Å². The predicted molar refractivity (Wildman–Crippen MR) is 64.3 cm³/mol. The summed E-state index contributed by atoms with van der Waals surface area (Å²) < 4.78 is 0. The van der Waals surface area contributed by atoms with Gasteiger partial charge in [0.05, 0.1) is 0 Å². The molecule has 0 radical (unpaired) electrons. The van der Waals surface area contributed by atoms with Crippen LogP contribution in [-0.4, -0.2) is 0 Å². The molecule has 0 heteroatoms. The number of allylic oxidation sites excluding steroid dienone is 5. The molecular formula is C14H22. The third-order valence-corrected chi connectivity index (χ3v) is 3.41. The Hall–Kier alpha value is -0.780. The lowest BCUT2D eigenvalue weighted by Crippen LogP contribution is -2.22. The fourth-order valence-corrected chi connectivity index (χ4v) is 2.48. The summed E-state index contributed by atoms with van der Waals surface area (Å²) in [4.78, 5) is 0. The largest absolute Gasteiger partial charge is 0.102 e. The molecule has 1 unspecified atom stereocenters. The van der Waals surface area contributed by atoms with E-state index in [4.69, 9.17) is 0 Å². The highest BCUT2D eigenvalue weighted by Gasteiger charge is 2.31. The topological polar surface area (TPSA) is 0 Å². The van der Waals surface area contributed by atoms with E-state index in [1.165, 1.54) is 30.4 Å². The zero-order chi connectivity index (χ0) is 10.8. The first kappa shape index (κ1) is 11.3. The van der Waals surface area contributed by atoms with E-state index in [1.54, 1.807) is 5.57 Å². The van der Waals surface area contributed by atoms with Crippen molar-refractivity contribution in [2.75, 3.05) is 0 Å². The Labute approximate surface area is 88.4 Å². The normalized spacial score (nSPS) is 30.6. The van der Waals surface area contributed by atoms with Gasteiger partial charge < -0.3 is 0 Å². The molecule has 0 amide bonds. The third kappa shape index (κ3) is 1.84. The molecule has 1 rings (SSSR count). The van der Waals surface area contributed by atoms with Crippen molar-refractivity contribution < 1.29 is 0 Å². The van der Waals surface area contributed by atoms with Crippen LogP contribution in [0.15, 0.2) is 35.5 Å². The van der Waals surface area contributed by atoms with Gasteiger partial charge in [-0.3, -0.25) is 0 Å². The van der Waals surface area contributed by atoms with Crippen LogP contribution < -0.4 is 0 Å². The van der Waals surface area contributed by atoms with Gasteiger partial charge in [-0.25, -0.2) is 0 Å². The Kier molecular flexibility index (Phi) is 3.36. The average molecular weight is 190 g/mol. The van der Waals surface area contributed by atoms with Crippen molar-refractivity contribution in [2.45, 2.75) is 47.0 Å². The second-order valence-corrected chi connectivity index (χ2v) is 4.66. The minimum absolute atomic E-state index is 0.208. The monoisotopic (exact) mass is 190 g/mol. The summed E-state index contributed by atoms with van der Waals surface area (Å²) in [7, 11) is 0. The molecule has 1 fully saturated rings. The van der Waals surface area contributed by atoms with Crippen LogP contribution in [0.25, 0.3) is 0 Å². The second kappa shape index (κ2) is 4.16. The summed E-state index contributed by atoms with van der Waals surface area (Å²) in [5, 5.41) is 0. The molecule has 0 spiro atoms. The maximum Gasteiger partial charge on any atom is 0.0101 e. The van der Waals surface area contributed by atoms with Gasteiger partial charge >= 0.3 is 0 Å². The van der Waals surface area contributed by atoms with Crippen LogP contribution in [-0.2, 0) is 0 Å². The van der Waals surface area contributed by atoms with E-state index in [9.17, 15) is 0 Å². The van der Waals surface area contributed by atoms with E-state index in [0.29, 0.717) is 0 Å². The highest BCUT2D eigenvalue weighted by molar-refractivity contribution is 5.42. The molecule has 1 saturated carbocycles. The van der Waals surface area contributed by atoms with Gasteiger partial charge in [0.25, 0.3) is 0 Å². The quantitative estimate of drug-likeness (QED) is 0.528. The lowest BCUT2D eigenvalue weighted by Gasteiger charge is -2.36. The molecule has 0 aromatic heterocycles. The molecule has 0 heterocycles. The number of hydrogen-bond acceptors (Lipinski definition) is 0. The maximum atomic E-state index is 3.98. The fraction of sp³-hybridized carbons (Fsp3) is 0.571. The Balaban J connectivity index is 3.18. The van der Waals surface area contributed by atoms with Crippen molar-refractivity contribution >= 4 is 0 Å². The maximum absolute atomic E-state index is 3.98. The van der Waals surface area contributed by atoms with Crippen molar-refractivity contribution in [1.82, 2.24) is 0 Å². The van der Waals surface area contributed by atoms with Crippen molar-refractivity contribution in [2.24, 2.45) is 5.41 Å². The predicted octanol–water partition coefficient (Wildman–Crippen LogP) is 4.65. The van der Waals surface area contributed by atoms with Gasteiger partial charge in [-0.05, 0) is 51.2 Å². The average Bonchev–Trinajstić information content (AvgIpc) is 2.17. The van der Waals surface area contributed by atoms with E-state index < -0.39 is 0 Å². The standard InChI is InChI=1S/C14H22/c1-6-13-12(11(3)4)9-8-10-14(13,5)7-2/h6-7H,2,8-10H2,1,3-5H3. The van der Waals surface area contributed by atoms with E-state index >= 15 is 0 Å². The fourth-order valence-electron chi connectivity index (χ4n) is 2.48. The molecule has 0 nitrogen and oxygen atoms in total. The van der Waals surface area contributed by atoms with Gasteiger partial charge in [-0.15, -0.1) is 6.58 Å². The van der Waals surface area contributed by atoms with Gasteiger partial charge in [0.15, 0.2) is 0 Å². The lowest BCUT2D eigenvalue weighted by molar-refractivity contribution is 0.420. The van der Waals surface area contributed by atoms with Crippen molar-refractivity contribution in [1.29, 1.82) is 0 Å². The highest BCUT2D eigenvalue weighted by atomic mass is 14.3. The van der Waals surface area contributed by atoms with Crippen molar-refractivity contribution in [3.63, 3.8) is 0 Å². The lowest BCUT2D eigenvalue weighted by atomic mass is 9.68. The molecular weight excluding hydrogens is 168 g/mol. The molecule has 1 aliphatic carbocycles. The molecule has 0 N–H and O–H groups in total. The Morgan fingerprint density at radius 2 is 2.07 bits per heavy atom. The van der Waals surface area contributed by atoms with Crippen molar-refractivity contribution in [3.8, 4) is 0 Å². The highest BCUT2D eigenvalue weighted by Crippen LogP contribution is 2.45. The Morgan fingerprint density at radius 1 is 1.43 bits per heavy atom. The zero-order valence-corrected chi connectivity index (χ0v) is 9.98. The first-order chi connectivity index (χ1) is 6.55. The van der Waals surface area contributed by atoms with E-state index in [-0.39, 0.29) is 5.41 Å². The smallest absolute Gasteiger partial charge is 0.0101 e. The minimum Gasteiger partial charge on any atom is -0.102 e. The molecule has 0 aliphatic heterocycles. The van der Waals surface area contributed by atoms with Crippen LogP contribution in [0.3, 0.4) is 0 Å². The summed E-state index contributed by atoms with van der Waals surface area (Å²) in [6.45, 7) is 12.9. The zero-order valence-electron chi connectivity index (χ0n) is 9.98. The van der Waals surface area contributed by atoms with E-state index in [2.05, 4.69) is 46.4 Å². The molecule has 1 aliphatic rings. The van der Waals surface area contributed by atoms with Crippen LogP contribution in [0.2, 0.25) is 0 Å². The number of hydrogen-bond donors (Lipinski definition) is 0. The molecule has 1 atom stereocenters. The summed E-state index contributed by atoms with van der Waals surface area (Å²) in [5.74, 6) is 0. The molecule has 14 heavy (non-hydrogen) atoms. The van der Waals surface area contributed by atoms with E-state index in [1.807, 2.05) is 0 Å². The van der Waals surface area contributed by atoms with Crippen LogP contribution in [0.1, 0.15) is 47.0 Å². The summed E-state index contributed by atoms with van der Waals surface area (Å²) in [5.41, 5.74) is 4.73. The minimum atomic E-state index is 0.208. The summed E-state index contributed by atoms with van der Waals surface area (Å²) >= 11 is 0. The van der Waals surface area contributed by atoms with Crippen LogP contribution in [0, 0.1) is 5.41 Å². The SMILES string of the molecule is C=CC1(C)CCCC(=C(C)C)C1=CC. The van der Waals surface area contributed by atoms with Gasteiger partial charge in [-0.1, -0.05) is 24.6 Å². The van der Waals surface area contributed by atoms with Crippen LogP contribution >= 0.6 is 0 Å². The first-order valence-electron chi connectivity index (χ1n) is 5.52. The molecule has 0 bridgehead atoms. The molecule has 78 valence electrons. The molecule has 0 saturated heterocycles. The number of rotatable bonds is 1. The summed E-state index contributed by atoms with van der Waals surface area (Å²) in [6.07, 6.45) is 8.16. The van der Waals surface area contributed by atoms with E-state index in [0.717, 1.165) is 0 Å². The van der Waals surface area contributed by atoms with Crippen LogP contribution in [0.4, 0.5) is 0 Å². The Bertz CT molecular complexity index is 287. The molecule has 0 aromatic rings. The van der Waals surface area contributed by atoms with Gasteiger partial charge in [-0.2, -0.15) is 0 Å². The molecule has 0 aromatic carbocycles. The van der Waals surface area contributed by atoms with Gasteiger partial charge in [0.1, 0.15) is 0 Å². The second-order valence-electron chi connectivity index (χ2n) is 4.66. The van der Waals surface area contributed by atoms with Crippen LogP contribution in [0.5, 0.6) is 0 Å².